The molecule has 0 amide bonds. The Hall–Kier alpha value is -0.500. The van der Waals surface area contributed by atoms with Crippen molar-refractivity contribution < 1.29 is 26.3 Å². The van der Waals surface area contributed by atoms with Crippen molar-refractivity contribution in [3.8, 4) is 0 Å². The van der Waals surface area contributed by atoms with Gasteiger partial charge in [-0.1, -0.05) is 12.1 Å². The first-order valence-corrected chi connectivity index (χ1v) is 5.41. The first-order chi connectivity index (χ1) is 7.17. The molecule has 0 aromatic heterocycles. The van der Waals surface area contributed by atoms with Crippen molar-refractivity contribution in [3.63, 3.8) is 0 Å². The molecule has 0 N–H and O–H groups in total. The summed E-state index contributed by atoms with van der Waals surface area (Å²) in [6, 6.07) is 4.53. The zero-order valence-corrected chi connectivity index (χ0v) is 9.03. The lowest BCUT2D eigenvalue weighted by atomic mass is 10.4. The SMILES string of the molecule is FC(F)(F)Sc1ccccc1SC(F)(F)F. The molecule has 8 heteroatoms. The maximum Gasteiger partial charge on any atom is 0.446 e. The standard InChI is InChI=1S/C8H4F6S2/c9-7(10,11)15-5-3-1-2-4-6(5)16-8(12,13)14/h1-4H. The summed E-state index contributed by atoms with van der Waals surface area (Å²) >= 11 is -1.11. The molecule has 0 unspecified atom stereocenters. The van der Waals surface area contributed by atoms with E-state index >= 15 is 0 Å². The average Bonchev–Trinajstić information content (AvgIpc) is 2.03. The Morgan fingerprint density at radius 3 is 1.25 bits per heavy atom. The molecular formula is C8H4F6S2. The molecule has 0 aliphatic rings. The van der Waals surface area contributed by atoms with Crippen molar-refractivity contribution in [2.75, 3.05) is 0 Å². The van der Waals surface area contributed by atoms with Crippen LogP contribution in [0.25, 0.3) is 0 Å². The highest BCUT2D eigenvalue weighted by Crippen LogP contribution is 2.45. The predicted octanol–water partition coefficient (Wildman–Crippen LogP) is 4.91. The van der Waals surface area contributed by atoms with E-state index in [1.54, 1.807) is 0 Å². The smallest absolute Gasteiger partial charge is 0.160 e. The number of hydrogen-bond acceptors (Lipinski definition) is 2. The number of thioether (sulfide) groups is 2. The van der Waals surface area contributed by atoms with Gasteiger partial charge in [-0.05, 0) is 35.7 Å². The molecule has 90 valence electrons. The van der Waals surface area contributed by atoms with Gasteiger partial charge in [0.2, 0.25) is 0 Å². The molecule has 0 saturated carbocycles. The van der Waals surface area contributed by atoms with Crippen molar-refractivity contribution in [2.24, 2.45) is 0 Å². The molecule has 1 aromatic carbocycles. The van der Waals surface area contributed by atoms with Gasteiger partial charge in [0.05, 0.1) is 0 Å². The Morgan fingerprint density at radius 1 is 0.688 bits per heavy atom. The topological polar surface area (TPSA) is 0 Å². The lowest BCUT2D eigenvalue weighted by Gasteiger charge is -2.11. The molecule has 16 heavy (non-hydrogen) atoms. The molecule has 0 heterocycles. The van der Waals surface area contributed by atoms with Gasteiger partial charge in [-0.2, -0.15) is 26.3 Å². The lowest BCUT2D eigenvalue weighted by molar-refractivity contribution is -0.0346. The van der Waals surface area contributed by atoms with Gasteiger partial charge in [-0.3, -0.25) is 0 Å². The Morgan fingerprint density at radius 2 is 1.00 bits per heavy atom. The second-order valence-corrected chi connectivity index (χ2v) is 4.76. The minimum Gasteiger partial charge on any atom is -0.160 e. The summed E-state index contributed by atoms with van der Waals surface area (Å²) in [6.45, 7) is 0. The molecule has 0 atom stereocenters. The van der Waals surface area contributed by atoms with Gasteiger partial charge in [0.15, 0.2) is 0 Å². The third-order valence-corrected chi connectivity index (χ3v) is 3.04. The summed E-state index contributed by atoms with van der Waals surface area (Å²) in [5.74, 6) is 0. The van der Waals surface area contributed by atoms with E-state index in [9.17, 15) is 26.3 Å². The third-order valence-electron chi connectivity index (χ3n) is 1.30. The van der Waals surface area contributed by atoms with Crippen molar-refractivity contribution >= 4 is 23.5 Å². The van der Waals surface area contributed by atoms with Crippen LogP contribution in [0.4, 0.5) is 26.3 Å². The maximum atomic E-state index is 12.0. The fraction of sp³-hybridized carbons (Fsp3) is 0.250. The van der Waals surface area contributed by atoms with Crippen molar-refractivity contribution in [1.82, 2.24) is 0 Å². The van der Waals surface area contributed by atoms with E-state index in [4.69, 9.17) is 0 Å². The van der Waals surface area contributed by atoms with Crippen LogP contribution in [0, 0.1) is 0 Å². The molecule has 0 radical (unpaired) electrons. The summed E-state index contributed by atoms with van der Waals surface area (Å²) in [5, 5.41) is 0. The van der Waals surface area contributed by atoms with E-state index in [2.05, 4.69) is 0 Å². The molecule has 0 nitrogen and oxygen atoms in total. The second-order valence-electron chi connectivity index (χ2n) is 2.54. The quantitative estimate of drug-likeness (QED) is 0.557. The van der Waals surface area contributed by atoms with Crippen LogP contribution in [-0.2, 0) is 0 Å². The molecule has 1 aromatic rings. The minimum absolute atomic E-state index is 0.447. The van der Waals surface area contributed by atoms with E-state index in [0.717, 1.165) is 12.1 Å². The highest BCUT2D eigenvalue weighted by atomic mass is 32.2. The summed E-state index contributed by atoms with van der Waals surface area (Å²) in [7, 11) is 0. The molecular weight excluding hydrogens is 274 g/mol. The highest BCUT2D eigenvalue weighted by molar-refractivity contribution is 8.03. The van der Waals surface area contributed by atoms with Crippen LogP contribution in [0.15, 0.2) is 34.1 Å². The van der Waals surface area contributed by atoms with E-state index in [-0.39, 0.29) is 0 Å². The first-order valence-electron chi connectivity index (χ1n) is 3.78. The largest absolute Gasteiger partial charge is 0.446 e. The fourth-order valence-corrected chi connectivity index (χ4v) is 2.25. The Balaban J connectivity index is 2.92. The van der Waals surface area contributed by atoms with E-state index in [1.165, 1.54) is 12.1 Å². The molecule has 0 saturated heterocycles. The Bertz CT molecular complexity index is 321. The van der Waals surface area contributed by atoms with Gasteiger partial charge in [-0.25, -0.2) is 0 Å². The molecule has 0 fully saturated rings. The summed E-state index contributed by atoms with van der Waals surface area (Å²) in [4.78, 5) is -0.894. The summed E-state index contributed by atoms with van der Waals surface area (Å²) in [5.41, 5.74) is -9.19. The zero-order chi connectivity index (χ0) is 12.4. The fourth-order valence-electron chi connectivity index (χ4n) is 0.868. The zero-order valence-electron chi connectivity index (χ0n) is 7.39. The van der Waals surface area contributed by atoms with Crippen LogP contribution in [0.1, 0.15) is 0 Å². The lowest BCUT2D eigenvalue weighted by Crippen LogP contribution is -2.03. The van der Waals surface area contributed by atoms with Crippen LogP contribution >= 0.6 is 23.5 Å². The minimum atomic E-state index is -4.59. The van der Waals surface area contributed by atoms with Crippen LogP contribution in [0.5, 0.6) is 0 Å². The van der Waals surface area contributed by atoms with Crippen LogP contribution in [-0.4, -0.2) is 11.0 Å². The normalized spacial score (nSPS) is 12.9. The number of benzene rings is 1. The molecule has 0 bridgehead atoms. The maximum absolute atomic E-state index is 12.0. The van der Waals surface area contributed by atoms with Gasteiger partial charge >= 0.3 is 11.0 Å². The first kappa shape index (κ1) is 13.6. The predicted molar refractivity (Wildman–Crippen MR) is 50.3 cm³/mol. The Kier molecular flexibility index (Phi) is 4.06. The van der Waals surface area contributed by atoms with E-state index in [0.29, 0.717) is 0 Å². The van der Waals surface area contributed by atoms with E-state index in [1.807, 2.05) is 0 Å². The molecule has 0 aliphatic carbocycles. The van der Waals surface area contributed by atoms with Crippen molar-refractivity contribution in [2.45, 2.75) is 20.8 Å². The molecule has 0 aliphatic heterocycles. The third kappa shape index (κ3) is 5.02. The summed E-state index contributed by atoms with van der Waals surface area (Å²) in [6.07, 6.45) is 0. The molecule has 0 spiro atoms. The average molecular weight is 278 g/mol. The van der Waals surface area contributed by atoms with Crippen LogP contribution in [0.3, 0.4) is 0 Å². The number of alkyl halides is 6. The van der Waals surface area contributed by atoms with Gasteiger partial charge in [0.1, 0.15) is 0 Å². The number of hydrogen-bond donors (Lipinski definition) is 0. The van der Waals surface area contributed by atoms with Gasteiger partial charge < -0.3 is 0 Å². The van der Waals surface area contributed by atoms with Crippen molar-refractivity contribution in [3.05, 3.63) is 24.3 Å². The number of rotatable bonds is 2. The number of halogens is 6. The molecule has 1 rings (SSSR count). The van der Waals surface area contributed by atoms with Gasteiger partial charge in [0.25, 0.3) is 0 Å². The summed E-state index contributed by atoms with van der Waals surface area (Å²) < 4.78 is 72.2. The van der Waals surface area contributed by atoms with Crippen LogP contribution in [0.2, 0.25) is 0 Å². The van der Waals surface area contributed by atoms with E-state index < -0.39 is 44.3 Å². The second kappa shape index (κ2) is 4.79. The Labute approximate surface area is 95.4 Å². The van der Waals surface area contributed by atoms with Gasteiger partial charge in [-0.15, -0.1) is 0 Å². The van der Waals surface area contributed by atoms with Crippen molar-refractivity contribution in [1.29, 1.82) is 0 Å². The monoisotopic (exact) mass is 278 g/mol. The van der Waals surface area contributed by atoms with Gasteiger partial charge in [0, 0.05) is 9.79 Å². The van der Waals surface area contributed by atoms with Crippen LogP contribution < -0.4 is 0 Å². The highest BCUT2D eigenvalue weighted by Gasteiger charge is 2.34.